The van der Waals surface area contributed by atoms with Crippen LogP contribution in [0.4, 0.5) is 0 Å². The lowest BCUT2D eigenvalue weighted by Crippen LogP contribution is -1.96. The number of rotatable bonds is 3. The first kappa shape index (κ1) is 19.0. The van der Waals surface area contributed by atoms with Crippen molar-refractivity contribution in [2.45, 2.75) is 19.4 Å². The van der Waals surface area contributed by atoms with Crippen LogP contribution in [-0.2, 0) is 6.54 Å². The number of aromatic nitrogens is 2. The predicted octanol–water partition coefficient (Wildman–Crippen LogP) is 7.42. The molecule has 2 heterocycles. The first-order chi connectivity index (χ1) is 15.4. The van der Waals surface area contributed by atoms with Gasteiger partial charge in [-0.3, -0.25) is 0 Å². The number of aromatic amines is 1. The van der Waals surface area contributed by atoms with E-state index in [1.54, 1.807) is 0 Å². The molecule has 0 radical (unpaired) electrons. The summed E-state index contributed by atoms with van der Waals surface area (Å²) in [6, 6.07) is 35.9. The van der Waals surface area contributed by atoms with Gasteiger partial charge >= 0.3 is 0 Å². The lowest BCUT2D eigenvalue weighted by atomic mass is 10.2. The van der Waals surface area contributed by atoms with Gasteiger partial charge in [-0.05, 0) is 30.7 Å². The molecule has 0 saturated carbocycles. The van der Waals surface area contributed by atoms with Crippen molar-refractivity contribution < 1.29 is 0 Å². The van der Waals surface area contributed by atoms with Crippen molar-refractivity contribution in [2.24, 2.45) is 0 Å². The number of hydrogen-bond donors (Lipinski definition) is 1. The lowest BCUT2D eigenvalue weighted by Gasteiger charge is -2.05. The zero-order chi connectivity index (χ0) is 21.0. The highest BCUT2D eigenvalue weighted by atomic mass is 15.0. The van der Waals surface area contributed by atoms with Crippen LogP contribution in [0.2, 0.25) is 0 Å². The Bertz CT molecular complexity index is 1420. The molecule has 0 unspecified atom stereocenters. The van der Waals surface area contributed by atoms with Crippen LogP contribution in [0.3, 0.4) is 0 Å². The topological polar surface area (TPSA) is 44.5 Å². The van der Waals surface area contributed by atoms with Gasteiger partial charge in [-0.15, -0.1) is 0 Å². The van der Waals surface area contributed by atoms with E-state index < -0.39 is 0 Å². The maximum Gasteiger partial charge on any atom is 0.0622 e. The van der Waals surface area contributed by atoms with Crippen molar-refractivity contribution >= 4 is 43.6 Å². The summed E-state index contributed by atoms with van der Waals surface area (Å²) in [5.41, 5.74) is 4.95. The Balaban J connectivity index is 0.000000138. The van der Waals surface area contributed by atoms with E-state index in [2.05, 4.69) is 113 Å². The molecule has 6 rings (SSSR count). The summed E-state index contributed by atoms with van der Waals surface area (Å²) in [6.07, 6.45) is 1.51. The van der Waals surface area contributed by atoms with Gasteiger partial charge in [0, 0.05) is 56.6 Å². The molecule has 1 N–H and O–H groups in total. The van der Waals surface area contributed by atoms with Crippen molar-refractivity contribution in [3.05, 3.63) is 97.1 Å². The Morgan fingerprint density at radius 1 is 0.613 bits per heavy atom. The lowest BCUT2D eigenvalue weighted by molar-refractivity contribution is 0.691. The van der Waals surface area contributed by atoms with E-state index >= 15 is 0 Å². The van der Waals surface area contributed by atoms with E-state index in [0.717, 1.165) is 13.0 Å². The number of benzene rings is 4. The van der Waals surface area contributed by atoms with Crippen molar-refractivity contribution in [1.82, 2.24) is 9.55 Å². The van der Waals surface area contributed by atoms with E-state index in [4.69, 9.17) is 5.26 Å². The van der Waals surface area contributed by atoms with Gasteiger partial charge in [-0.1, -0.05) is 72.8 Å². The number of para-hydroxylation sites is 4. The Labute approximate surface area is 181 Å². The molecule has 0 amide bonds. The molecule has 0 aliphatic carbocycles. The van der Waals surface area contributed by atoms with Crippen LogP contribution in [0.5, 0.6) is 0 Å². The molecule has 3 heteroatoms. The standard InChI is InChI=1S/C16H14N2.C12H9N/c17-11-5-6-12-18-15-9-3-1-7-13(15)14-8-2-4-10-16(14)18;1-3-7-11-9(5-1)10-6-2-4-8-12(10)13-11/h1-4,7-10H,5-6,12H2;1-8,13H. The van der Waals surface area contributed by atoms with Gasteiger partial charge in [-0.25, -0.2) is 0 Å². The van der Waals surface area contributed by atoms with Crippen LogP contribution in [-0.4, -0.2) is 9.55 Å². The fourth-order valence-electron chi connectivity index (χ4n) is 4.36. The molecular weight excluding hydrogens is 378 g/mol. The fourth-order valence-corrected chi connectivity index (χ4v) is 4.36. The van der Waals surface area contributed by atoms with E-state index in [1.807, 2.05) is 0 Å². The van der Waals surface area contributed by atoms with E-state index in [1.165, 1.54) is 43.6 Å². The van der Waals surface area contributed by atoms with Crippen LogP contribution in [0.25, 0.3) is 43.6 Å². The number of nitrogens with one attached hydrogen (secondary N) is 1. The van der Waals surface area contributed by atoms with Gasteiger partial charge in [0.1, 0.15) is 0 Å². The minimum absolute atomic E-state index is 0.612. The molecule has 3 nitrogen and oxygen atoms in total. The first-order valence-electron chi connectivity index (χ1n) is 10.7. The summed E-state index contributed by atoms with van der Waals surface area (Å²) in [7, 11) is 0. The molecule has 150 valence electrons. The summed E-state index contributed by atoms with van der Waals surface area (Å²) >= 11 is 0. The summed E-state index contributed by atoms with van der Waals surface area (Å²) in [6.45, 7) is 0.904. The number of unbranched alkanes of at least 4 members (excludes halogenated alkanes) is 1. The SMILES string of the molecule is N#CCCCn1c2ccccc2c2ccccc21.c1ccc2c(c1)[nH]c1ccccc12. The van der Waals surface area contributed by atoms with Crippen LogP contribution >= 0.6 is 0 Å². The molecule has 0 bridgehead atoms. The first-order valence-corrected chi connectivity index (χ1v) is 10.7. The number of nitriles is 1. The minimum Gasteiger partial charge on any atom is -0.355 e. The van der Waals surface area contributed by atoms with Crippen molar-refractivity contribution in [3.8, 4) is 6.07 Å². The highest BCUT2D eigenvalue weighted by molar-refractivity contribution is 6.08. The number of H-pyrrole nitrogens is 1. The van der Waals surface area contributed by atoms with Crippen LogP contribution < -0.4 is 0 Å². The second-order valence-electron chi connectivity index (χ2n) is 7.66. The van der Waals surface area contributed by atoms with E-state index in [-0.39, 0.29) is 0 Å². The number of nitrogens with zero attached hydrogens (tertiary/aromatic N) is 2. The molecule has 31 heavy (non-hydrogen) atoms. The third-order valence-corrected chi connectivity index (χ3v) is 5.76. The fraction of sp³-hybridized carbons (Fsp3) is 0.107. The number of hydrogen-bond acceptors (Lipinski definition) is 1. The molecule has 6 aromatic rings. The van der Waals surface area contributed by atoms with Gasteiger partial charge in [0.25, 0.3) is 0 Å². The highest BCUT2D eigenvalue weighted by Crippen LogP contribution is 2.29. The molecule has 0 aliphatic heterocycles. The monoisotopic (exact) mass is 401 g/mol. The quantitative estimate of drug-likeness (QED) is 0.308. The van der Waals surface area contributed by atoms with E-state index in [9.17, 15) is 0 Å². The normalized spacial score (nSPS) is 10.9. The summed E-state index contributed by atoms with van der Waals surface area (Å²) in [4.78, 5) is 3.38. The second-order valence-corrected chi connectivity index (χ2v) is 7.66. The molecule has 0 fully saturated rings. The molecule has 0 saturated heterocycles. The smallest absolute Gasteiger partial charge is 0.0622 e. The summed E-state index contributed by atoms with van der Waals surface area (Å²) in [5.74, 6) is 0. The van der Waals surface area contributed by atoms with Gasteiger partial charge in [0.15, 0.2) is 0 Å². The third-order valence-electron chi connectivity index (χ3n) is 5.76. The molecule has 0 atom stereocenters. The summed E-state index contributed by atoms with van der Waals surface area (Å²) in [5, 5.41) is 13.9. The van der Waals surface area contributed by atoms with Crippen molar-refractivity contribution in [1.29, 1.82) is 5.26 Å². The number of fused-ring (bicyclic) bond motifs is 6. The molecule has 2 aromatic heterocycles. The third kappa shape index (κ3) is 3.53. The molecule has 0 aliphatic rings. The average Bonchev–Trinajstić information content (AvgIpc) is 3.36. The maximum atomic E-state index is 8.66. The molecular formula is C28H23N3. The zero-order valence-corrected chi connectivity index (χ0v) is 17.3. The Kier molecular flexibility index (Phi) is 5.12. The Hall–Kier alpha value is -4.03. The van der Waals surface area contributed by atoms with Crippen LogP contribution in [0, 0.1) is 11.3 Å². The molecule has 0 spiro atoms. The van der Waals surface area contributed by atoms with Crippen LogP contribution in [0.1, 0.15) is 12.8 Å². The van der Waals surface area contributed by atoms with Crippen molar-refractivity contribution in [3.63, 3.8) is 0 Å². The zero-order valence-electron chi connectivity index (χ0n) is 17.3. The average molecular weight is 402 g/mol. The maximum absolute atomic E-state index is 8.66. The van der Waals surface area contributed by atoms with E-state index in [0.29, 0.717) is 6.42 Å². The minimum atomic E-state index is 0.612. The Morgan fingerprint density at radius 3 is 1.58 bits per heavy atom. The molecule has 4 aromatic carbocycles. The van der Waals surface area contributed by atoms with Gasteiger partial charge in [-0.2, -0.15) is 5.26 Å². The van der Waals surface area contributed by atoms with Crippen LogP contribution in [0.15, 0.2) is 97.1 Å². The van der Waals surface area contributed by atoms with Crippen molar-refractivity contribution in [2.75, 3.05) is 0 Å². The largest absolute Gasteiger partial charge is 0.355 e. The highest BCUT2D eigenvalue weighted by Gasteiger charge is 2.08. The Morgan fingerprint density at radius 2 is 1.06 bits per heavy atom. The number of aryl methyl sites for hydroxylation is 1. The van der Waals surface area contributed by atoms with Gasteiger partial charge in [0.05, 0.1) is 6.07 Å². The second kappa shape index (κ2) is 8.38. The van der Waals surface area contributed by atoms with Gasteiger partial charge in [0.2, 0.25) is 0 Å². The summed E-state index contributed by atoms with van der Waals surface area (Å²) < 4.78 is 2.32. The van der Waals surface area contributed by atoms with Gasteiger partial charge < -0.3 is 9.55 Å². The predicted molar refractivity (Wildman–Crippen MR) is 130 cm³/mol.